The van der Waals surface area contributed by atoms with Gasteiger partial charge in [-0.2, -0.15) is 0 Å². The van der Waals surface area contributed by atoms with E-state index < -0.39 is 23.5 Å². The summed E-state index contributed by atoms with van der Waals surface area (Å²) >= 11 is 0. The predicted octanol–water partition coefficient (Wildman–Crippen LogP) is 3.28. The number of aromatic amines is 1. The smallest absolute Gasteiger partial charge is 0.332 e. The Morgan fingerprint density at radius 1 is 1.02 bits per heavy atom. The molecule has 1 amide bonds. The fourth-order valence-electron chi connectivity index (χ4n) is 4.32. The highest BCUT2D eigenvalue weighted by molar-refractivity contribution is 5.85. The van der Waals surface area contributed by atoms with Crippen LogP contribution in [0.3, 0.4) is 0 Å². The molecule has 3 aromatic rings. The van der Waals surface area contributed by atoms with Crippen LogP contribution in [0.15, 0.2) is 33.9 Å². The van der Waals surface area contributed by atoms with Gasteiger partial charge < -0.3 is 19.8 Å². The van der Waals surface area contributed by atoms with E-state index in [0.29, 0.717) is 48.7 Å². The first-order valence-electron chi connectivity index (χ1n) is 13.8. The Kier molecular flexibility index (Phi) is 9.94. The van der Waals surface area contributed by atoms with Crippen LogP contribution < -0.4 is 21.3 Å². The lowest BCUT2D eigenvalue weighted by atomic mass is 10.0. The van der Waals surface area contributed by atoms with Crippen LogP contribution in [0.5, 0.6) is 5.75 Å². The number of amides is 1. The molecule has 0 aliphatic carbocycles. The number of rotatable bonds is 12. The molecule has 11 heteroatoms. The second-order valence-corrected chi connectivity index (χ2v) is 11.1. The molecule has 11 nitrogen and oxygen atoms in total. The van der Waals surface area contributed by atoms with Crippen molar-refractivity contribution in [3.05, 3.63) is 56.5 Å². The maximum Gasteiger partial charge on any atom is 0.332 e. The van der Waals surface area contributed by atoms with Crippen molar-refractivity contribution in [1.82, 2.24) is 24.4 Å². The van der Waals surface area contributed by atoms with Gasteiger partial charge in [0, 0.05) is 19.0 Å². The molecule has 0 bridgehead atoms. The third-order valence-corrected chi connectivity index (χ3v) is 6.21. The number of nitrogens with one attached hydrogen (secondary N) is 2. The lowest BCUT2D eigenvalue weighted by molar-refractivity contribution is -0.158. The van der Waals surface area contributed by atoms with Crippen LogP contribution in [-0.2, 0) is 33.8 Å². The zero-order valence-electron chi connectivity index (χ0n) is 24.5. The van der Waals surface area contributed by atoms with Gasteiger partial charge in [0.15, 0.2) is 12.3 Å². The zero-order chi connectivity index (χ0) is 29.6. The predicted molar refractivity (Wildman–Crippen MR) is 153 cm³/mol. The van der Waals surface area contributed by atoms with Gasteiger partial charge in [0.05, 0.1) is 0 Å². The molecule has 0 saturated carbocycles. The van der Waals surface area contributed by atoms with Crippen molar-refractivity contribution in [3.8, 4) is 5.75 Å². The number of ether oxygens (including phenoxy) is 2. The maximum atomic E-state index is 13.0. The van der Waals surface area contributed by atoms with Crippen LogP contribution in [0.4, 0.5) is 0 Å². The number of aryl methyl sites for hydroxylation is 1. The standard InChI is InChI=1S/C29H41N5O6/c1-8-14-33-25-23(26(36)34(15-9-2)28(33)38)31-24(32-25)18(3)16-20-10-12-21(13-11-20)39-17-22(35)30-19(4)27(37)40-29(5,6)7/h10-13,18-19H,8-9,14-17H2,1-7H3,(H,30,35)(H,31,32)/t18?,19-/m0/s1. The number of carbonyl (C=O) groups excluding carboxylic acids is 2. The van der Waals surface area contributed by atoms with Crippen LogP contribution >= 0.6 is 0 Å². The second kappa shape index (κ2) is 13.0. The van der Waals surface area contributed by atoms with Crippen LogP contribution in [0.2, 0.25) is 0 Å². The Morgan fingerprint density at radius 2 is 1.65 bits per heavy atom. The number of imidazole rings is 1. The van der Waals surface area contributed by atoms with Crippen molar-refractivity contribution in [2.75, 3.05) is 6.61 Å². The van der Waals surface area contributed by atoms with Gasteiger partial charge in [0.2, 0.25) is 0 Å². The summed E-state index contributed by atoms with van der Waals surface area (Å²) in [6.45, 7) is 13.4. The minimum Gasteiger partial charge on any atom is -0.484 e. The number of aromatic nitrogens is 4. The van der Waals surface area contributed by atoms with Crippen molar-refractivity contribution in [2.24, 2.45) is 0 Å². The highest BCUT2D eigenvalue weighted by atomic mass is 16.6. The van der Waals surface area contributed by atoms with E-state index in [1.54, 1.807) is 44.4 Å². The fraction of sp³-hybridized carbons (Fsp3) is 0.552. The number of benzene rings is 1. The van der Waals surface area contributed by atoms with Gasteiger partial charge in [0.1, 0.15) is 28.7 Å². The van der Waals surface area contributed by atoms with Crippen molar-refractivity contribution in [3.63, 3.8) is 0 Å². The molecule has 2 atom stereocenters. The average Bonchev–Trinajstić information content (AvgIpc) is 3.33. The Hall–Kier alpha value is -3.89. The monoisotopic (exact) mass is 555 g/mol. The molecule has 0 aliphatic rings. The fourth-order valence-corrected chi connectivity index (χ4v) is 4.32. The van der Waals surface area contributed by atoms with Gasteiger partial charge >= 0.3 is 11.7 Å². The van der Waals surface area contributed by atoms with Gasteiger partial charge in [-0.3, -0.25) is 18.7 Å². The molecule has 2 aromatic heterocycles. The summed E-state index contributed by atoms with van der Waals surface area (Å²) < 4.78 is 13.7. The summed E-state index contributed by atoms with van der Waals surface area (Å²) in [5.41, 5.74) is 0.462. The van der Waals surface area contributed by atoms with Crippen LogP contribution in [0.1, 0.15) is 78.6 Å². The minimum absolute atomic E-state index is 0.0523. The number of carbonyl (C=O) groups is 2. The van der Waals surface area contributed by atoms with Crippen LogP contribution in [-0.4, -0.2) is 49.2 Å². The van der Waals surface area contributed by atoms with Crippen molar-refractivity contribution in [1.29, 1.82) is 0 Å². The minimum atomic E-state index is -0.788. The normalized spacial score (nSPS) is 13.2. The van der Waals surface area contributed by atoms with Gasteiger partial charge in [-0.05, 0) is 64.7 Å². The van der Waals surface area contributed by atoms with E-state index in [4.69, 9.17) is 9.47 Å². The van der Waals surface area contributed by atoms with Gasteiger partial charge in [0.25, 0.3) is 11.5 Å². The molecule has 2 N–H and O–H groups in total. The van der Waals surface area contributed by atoms with Crippen molar-refractivity contribution >= 4 is 23.0 Å². The van der Waals surface area contributed by atoms with Gasteiger partial charge in [-0.25, -0.2) is 14.6 Å². The first-order valence-corrected chi connectivity index (χ1v) is 13.8. The highest BCUT2D eigenvalue weighted by Gasteiger charge is 2.23. The van der Waals surface area contributed by atoms with Crippen molar-refractivity contribution < 1.29 is 19.1 Å². The Bertz CT molecular complexity index is 1450. The zero-order valence-corrected chi connectivity index (χ0v) is 24.5. The summed E-state index contributed by atoms with van der Waals surface area (Å²) in [6.07, 6.45) is 2.06. The first kappa shape index (κ1) is 30.6. The molecule has 1 aromatic carbocycles. The number of H-pyrrole nitrogens is 1. The van der Waals surface area contributed by atoms with E-state index in [2.05, 4.69) is 15.3 Å². The van der Waals surface area contributed by atoms with E-state index in [1.807, 2.05) is 32.9 Å². The third-order valence-electron chi connectivity index (χ3n) is 6.21. The molecule has 0 saturated heterocycles. The first-order chi connectivity index (χ1) is 18.8. The van der Waals surface area contributed by atoms with Crippen LogP contribution in [0, 0.1) is 0 Å². The summed E-state index contributed by atoms with van der Waals surface area (Å²) in [6, 6.07) is 6.55. The Morgan fingerprint density at radius 3 is 2.25 bits per heavy atom. The topological polar surface area (TPSA) is 137 Å². The second-order valence-electron chi connectivity index (χ2n) is 11.1. The molecule has 0 fully saturated rings. The largest absolute Gasteiger partial charge is 0.484 e. The summed E-state index contributed by atoms with van der Waals surface area (Å²) in [7, 11) is 0. The molecule has 0 aliphatic heterocycles. The molecule has 3 rings (SSSR count). The number of esters is 1. The highest BCUT2D eigenvalue weighted by Crippen LogP contribution is 2.22. The Balaban J connectivity index is 1.65. The van der Waals surface area contributed by atoms with E-state index in [1.165, 1.54) is 4.57 Å². The van der Waals surface area contributed by atoms with Gasteiger partial charge in [-0.15, -0.1) is 0 Å². The van der Waals surface area contributed by atoms with Crippen LogP contribution in [0.25, 0.3) is 11.2 Å². The number of hydrogen-bond acceptors (Lipinski definition) is 7. The lowest BCUT2D eigenvalue weighted by Gasteiger charge is -2.22. The van der Waals surface area contributed by atoms with E-state index in [0.717, 1.165) is 12.0 Å². The van der Waals surface area contributed by atoms with E-state index in [9.17, 15) is 19.2 Å². The SMILES string of the molecule is CCCn1c(=O)c2[nH]c(C(C)Cc3ccc(OCC(=O)N[C@@H](C)C(=O)OC(C)(C)C)cc3)nc2n(CCC)c1=O. The summed E-state index contributed by atoms with van der Waals surface area (Å²) in [5.74, 6) is 0.162. The molecule has 40 heavy (non-hydrogen) atoms. The lowest BCUT2D eigenvalue weighted by Crippen LogP contribution is -2.43. The maximum absolute atomic E-state index is 13.0. The molecular formula is C29H41N5O6. The average molecular weight is 556 g/mol. The molecule has 1 unspecified atom stereocenters. The van der Waals surface area contributed by atoms with E-state index in [-0.39, 0.29) is 23.8 Å². The number of hydrogen-bond donors (Lipinski definition) is 2. The molecule has 0 spiro atoms. The summed E-state index contributed by atoms with van der Waals surface area (Å²) in [5, 5.41) is 2.57. The van der Waals surface area contributed by atoms with Crippen molar-refractivity contribution in [2.45, 2.75) is 98.4 Å². The van der Waals surface area contributed by atoms with Gasteiger partial charge in [-0.1, -0.05) is 32.9 Å². The molecule has 0 radical (unpaired) electrons. The number of fused-ring (bicyclic) bond motifs is 1. The Labute approximate surface area is 233 Å². The molecule has 2 heterocycles. The van der Waals surface area contributed by atoms with E-state index >= 15 is 0 Å². The number of nitrogens with zero attached hydrogens (tertiary/aromatic N) is 3. The third kappa shape index (κ3) is 7.61. The molecule has 218 valence electrons. The molecular weight excluding hydrogens is 514 g/mol. The summed E-state index contributed by atoms with van der Waals surface area (Å²) in [4.78, 5) is 58.0. The quantitative estimate of drug-likeness (QED) is 0.327.